The highest BCUT2D eigenvalue weighted by molar-refractivity contribution is 6.02. The molecule has 14 heteroatoms. The number of nitrogens with zero attached hydrogens (tertiary/aromatic N) is 3. The number of fused-ring (bicyclic) bond motifs is 1. The van der Waals surface area contributed by atoms with Crippen molar-refractivity contribution in [3.63, 3.8) is 0 Å². The van der Waals surface area contributed by atoms with Gasteiger partial charge in [0, 0.05) is 11.3 Å². The maximum absolute atomic E-state index is 15.0. The number of rotatable bonds is 4. The number of nitrogens with one attached hydrogen (secondary N) is 1. The summed E-state index contributed by atoms with van der Waals surface area (Å²) in [4.78, 5) is 23.5. The molecule has 1 aromatic heterocycles. The van der Waals surface area contributed by atoms with Crippen LogP contribution in [0, 0.1) is 11.7 Å². The van der Waals surface area contributed by atoms with Gasteiger partial charge in [0.25, 0.3) is 18.4 Å². The summed E-state index contributed by atoms with van der Waals surface area (Å²) in [6, 6.07) is 2.43. The molecule has 1 saturated heterocycles. The van der Waals surface area contributed by atoms with Crippen LogP contribution in [0.5, 0.6) is 0 Å². The van der Waals surface area contributed by atoms with E-state index in [1.807, 2.05) is 0 Å². The molecule has 2 aliphatic rings. The third kappa shape index (κ3) is 4.13. The van der Waals surface area contributed by atoms with Gasteiger partial charge >= 0.3 is 6.18 Å². The Morgan fingerprint density at radius 2 is 2.00 bits per heavy atom. The molecular weight excluding hydrogens is 472 g/mol. The number of aliphatic imine (C=N–C) groups is 1. The largest absolute Gasteiger partial charge is 0.452 e. The molecule has 4 atom stereocenters. The van der Waals surface area contributed by atoms with Crippen LogP contribution < -0.4 is 11.1 Å². The van der Waals surface area contributed by atoms with E-state index >= 15 is 0 Å². The number of alkyl halides is 5. The molecule has 1 aromatic carbocycles. The highest BCUT2D eigenvalue weighted by atomic mass is 19.4. The molecule has 0 bridgehead atoms. The Morgan fingerprint density at radius 3 is 2.62 bits per heavy atom. The Morgan fingerprint density at radius 1 is 1.26 bits per heavy atom. The first-order chi connectivity index (χ1) is 15.9. The lowest BCUT2D eigenvalue weighted by atomic mass is 9.74. The normalized spacial score (nSPS) is 26.6. The van der Waals surface area contributed by atoms with Gasteiger partial charge in [0.15, 0.2) is 0 Å². The van der Waals surface area contributed by atoms with Gasteiger partial charge in [-0.3, -0.25) is 9.78 Å². The van der Waals surface area contributed by atoms with Crippen LogP contribution >= 0.6 is 0 Å². The number of hydrogen-bond acceptors (Lipinski definition) is 7. The first-order valence-electron chi connectivity index (χ1n) is 9.84. The fourth-order valence-electron chi connectivity index (χ4n) is 4.16. The first kappa shape index (κ1) is 23.7. The molecule has 0 saturated carbocycles. The third-order valence-electron chi connectivity index (χ3n) is 5.65. The second-order valence-corrected chi connectivity index (χ2v) is 7.77. The lowest BCUT2D eigenvalue weighted by molar-refractivity contribution is -0.226. The summed E-state index contributed by atoms with van der Waals surface area (Å²) in [5.74, 6) is -3.23. The van der Waals surface area contributed by atoms with Gasteiger partial charge in [0.1, 0.15) is 22.7 Å². The second-order valence-electron chi connectivity index (χ2n) is 7.77. The van der Waals surface area contributed by atoms with Gasteiger partial charge in [-0.1, -0.05) is 0 Å². The molecule has 1 amide bonds. The van der Waals surface area contributed by atoms with E-state index in [1.165, 1.54) is 6.92 Å². The number of halogens is 6. The SMILES string of the molecule is CC1OCC2(c3cc(NC(=O)c4cnc(C(F)F)cn4)ccc3F)N=C(N)OC(C(F)(F)F)C12. The van der Waals surface area contributed by atoms with E-state index in [2.05, 4.69) is 20.3 Å². The average molecular weight is 489 g/mol. The van der Waals surface area contributed by atoms with Gasteiger partial charge in [-0.15, -0.1) is 0 Å². The van der Waals surface area contributed by atoms with Gasteiger partial charge in [0.2, 0.25) is 6.10 Å². The maximum atomic E-state index is 15.0. The molecule has 0 spiro atoms. The number of carbonyl (C=O) groups excluding carboxylic acids is 1. The van der Waals surface area contributed by atoms with Crippen LogP contribution in [0.4, 0.5) is 32.0 Å². The number of amides is 1. The van der Waals surface area contributed by atoms with Gasteiger partial charge in [0.05, 0.1) is 31.0 Å². The third-order valence-corrected chi connectivity index (χ3v) is 5.65. The van der Waals surface area contributed by atoms with Gasteiger partial charge < -0.3 is 20.5 Å². The minimum Gasteiger partial charge on any atom is -0.452 e. The number of ether oxygens (including phenoxy) is 2. The second kappa shape index (κ2) is 8.42. The maximum Gasteiger partial charge on any atom is 0.426 e. The minimum absolute atomic E-state index is 0.0161. The van der Waals surface area contributed by atoms with Crippen molar-refractivity contribution in [1.29, 1.82) is 0 Å². The number of anilines is 1. The topological polar surface area (TPSA) is 112 Å². The van der Waals surface area contributed by atoms with Crippen LogP contribution in [0.25, 0.3) is 0 Å². The van der Waals surface area contributed by atoms with Crippen molar-refractivity contribution >= 4 is 17.6 Å². The van der Waals surface area contributed by atoms with Crippen molar-refractivity contribution in [2.24, 2.45) is 16.6 Å². The molecule has 34 heavy (non-hydrogen) atoms. The summed E-state index contributed by atoms with van der Waals surface area (Å²) in [7, 11) is 0. The van der Waals surface area contributed by atoms with Gasteiger partial charge in [-0.25, -0.2) is 23.1 Å². The molecule has 0 aliphatic carbocycles. The highest BCUT2D eigenvalue weighted by Gasteiger charge is 2.64. The average Bonchev–Trinajstić information content (AvgIpc) is 3.10. The van der Waals surface area contributed by atoms with Crippen molar-refractivity contribution in [2.75, 3.05) is 11.9 Å². The predicted molar refractivity (Wildman–Crippen MR) is 104 cm³/mol. The summed E-state index contributed by atoms with van der Waals surface area (Å²) >= 11 is 0. The Kier molecular flexibility index (Phi) is 5.87. The summed E-state index contributed by atoms with van der Waals surface area (Å²) in [6.45, 7) is 0.973. The van der Waals surface area contributed by atoms with Crippen molar-refractivity contribution in [3.05, 3.63) is 53.4 Å². The fraction of sp³-hybridized carbons (Fsp3) is 0.400. The Hall–Kier alpha value is -3.42. The number of aromatic nitrogens is 2. The molecule has 4 rings (SSSR count). The highest BCUT2D eigenvalue weighted by Crippen LogP contribution is 2.51. The molecule has 2 aromatic rings. The van der Waals surface area contributed by atoms with Crippen LogP contribution in [0.15, 0.2) is 35.6 Å². The van der Waals surface area contributed by atoms with Crippen LogP contribution in [0.2, 0.25) is 0 Å². The van der Waals surface area contributed by atoms with E-state index in [0.717, 1.165) is 30.6 Å². The van der Waals surface area contributed by atoms with Crippen LogP contribution in [-0.2, 0) is 15.0 Å². The van der Waals surface area contributed by atoms with E-state index in [0.29, 0.717) is 0 Å². The van der Waals surface area contributed by atoms with Crippen molar-refractivity contribution in [3.8, 4) is 0 Å². The quantitative estimate of drug-likeness (QED) is 0.638. The van der Waals surface area contributed by atoms with Crippen molar-refractivity contribution in [2.45, 2.75) is 37.3 Å². The van der Waals surface area contributed by atoms with E-state index < -0.39 is 66.3 Å². The number of nitrogens with two attached hydrogens (primary N) is 1. The standard InChI is InChI=1S/C20H17F6N5O3/c1-8-14-15(20(24,25)26)34-18(27)31-19(14,7-33-8)10-4-9(2-3-11(10)21)30-17(32)13-6-28-12(5-29-13)16(22)23/h2-6,8,14-16H,7H2,1H3,(H2,27,31)(H,30,32). The van der Waals surface area contributed by atoms with Gasteiger partial charge in [-0.05, 0) is 25.1 Å². The predicted octanol–water partition coefficient (Wildman–Crippen LogP) is 3.31. The lowest BCUT2D eigenvalue weighted by Gasteiger charge is -2.41. The van der Waals surface area contributed by atoms with Gasteiger partial charge in [-0.2, -0.15) is 13.2 Å². The molecule has 4 unspecified atom stereocenters. The molecular formula is C20H17F6N5O3. The zero-order chi connectivity index (χ0) is 24.8. The van der Waals surface area contributed by atoms with Crippen LogP contribution in [0.1, 0.15) is 35.1 Å². The minimum atomic E-state index is -4.84. The molecule has 2 aliphatic heterocycles. The molecule has 8 nitrogen and oxygen atoms in total. The zero-order valence-electron chi connectivity index (χ0n) is 17.3. The molecule has 3 N–H and O–H groups in total. The fourth-order valence-corrected chi connectivity index (χ4v) is 4.16. The summed E-state index contributed by atoms with van der Waals surface area (Å²) < 4.78 is 91.6. The Bertz CT molecular complexity index is 1130. The van der Waals surface area contributed by atoms with Crippen molar-refractivity contribution in [1.82, 2.24) is 9.97 Å². The van der Waals surface area contributed by atoms with Crippen LogP contribution in [0.3, 0.4) is 0 Å². The smallest absolute Gasteiger partial charge is 0.426 e. The first-order valence-corrected chi connectivity index (χ1v) is 9.84. The van der Waals surface area contributed by atoms with E-state index in [1.54, 1.807) is 0 Å². The van der Waals surface area contributed by atoms with Crippen LogP contribution in [-0.4, -0.2) is 46.9 Å². The van der Waals surface area contributed by atoms with E-state index in [-0.39, 0.29) is 16.9 Å². The number of carbonyl (C=O) groups is 1. The molecule has 3 heterocycles. The number of benzene rings is 1. The van der Waals surface area contributed by atoms with E-state index in [4.69, 9.17) is 15.2 Å². The zero-order valence-corrected chi connectivity index (χ0v) is 17.3. The Labute approximate surface area is 188 Å². The number of amidine groups is 1. The monoisotopic (exact) mass is 489 g/mol. The summed E-state index contributed by atoms with van der Waals surface area (Å²) in [6.07, 6.45) is -9.56. The summed E-state index contributed by atoms with van der Waals surface area (Å²) in [5.41, 5.74) is 2.42. The van der Waals surface area contributed by atoms with E-state index in [9.17, 15) is 31.1 Å². The van der Waals surface area contributed by atoms with Crippen molar-refractivity contribution < 1.29 is 40.6 Å². The molecule has 0 radical (unpaired) electrons. The molecule has 1 fully saturated rings. The lowest BCUT2D eigenvalue weighted by Crippen LogP contribution is -2.55. The molecule has 182 valence electrons. The summed E-state index contributed by atoms with van der Waals surface area (Å²) in [5, 5.41) is 2.38. The number of hydrogen-bond donors (Lipinski definition) is 2. The Balaban J connectivity index is 1.70.